The summed E-state index contributed by atoms with van der Waals surface area (Å²) in [4.78, 5) is 52.3. The maximum Gasteiger partial charge on any atom is 0.253 e. The van der Waals surface area contributed by atoms with Crippen molar-refractivity contribution in [1.82, 2.24) is 4.90 Å². The molecule has 5 rings (SSSR count). The number of hydrogen-bond donors (Lipinski definition) is 1. The van der Waals surface area contributed by atoms with Gasteiger partial charge in [-0.15, -0.1) is 13.2 Å². The molecule has 2 aromatic carbocycles. The van der Waals surface area contributed by atoms with Gasteiger partial charge in [0.25, 0.3) is 5.91 Å². The van der Waals surface area contributed by atoms with Gasteiger partial charge in [0.2, 0.25) is 11.8 Å². The van der Waals surface area contributed by atoms with Crippen LogP contribution in [0.15, 0.2) is 73.8 Å². The number of hydrogen-bond acceptors (Lipinski definition) is 7. The summed E-state index contributed by atoms with van der Waals surface area (Å²) in [6.45, 7) is 22.2. The number of ether oxygens (including phenoxy) is 2. The van der Waals surface area contributed by atoms with Gasteiger partial charge in [0, 0.05) is 43.2 Å². The van der Waals surface area contributed by atoms with E-state index >= 15 is 9.59 Å². The fourth-order valence-electron chi connectivity index (χ4n) is 8.83. The lowest BCUT2D eigenvalue weighted by Gasteiger charge is -2.41. The summed E-state index contributed by atoms with van der Waals surface area (Å²) in [5, 5.41) is 10.8. The van der Waals surface area contributed by atoms with Crippen molar-refractivity contribution in [3.63, 3.8) is 0 Å². The van der Waals surface area contributed by atoms with E-state index < -0.39 is 35.1 Å². The topological polar surface area (TPSA) is 103 Å². The molecule has 1 N–H and O–H groups in total. The van der Waals surface area contributed by atoms with Crippen molar-refractivity contribution < 1.29 is 29.0 Å². The molecule has 3 amide bonds. The predicted molar refractivity (Wildman–Crippen MR) is 202 cm³/mol. The molecule has 10 nitrogen and oxygen atoms in total. The number of rotatable bonds is 17. The lowest BCUT2D eigenvalue weighted by Crippen LogP contribution is -2.60. The third-order valence-electron chi connectivity index (χ3n) is 11.3. The third-order valence-corrected chi connectivity index (χ3v) is 11.3. The zero-order valence-corrected chi connectivity index (χ0v) is 31.2. The third kappa shape index (κ3) is 6.46. The van der Waals surface area contributed by atoms with Crippen LogP contribution in [-0.4, -0.2) is 90.4 Å². The SMILES string of the molecule is C=CCN(C(=O)C1N([C@@H](CO)C(C)C)C(=O)[C@@H]2[C@H](C(=O)N(CC=C)c3ccc(OCC)cc3)[C@]3(CC)CCC12O3)c1ccc(N(CC)CC)cc1. The molecule has 3 heterocycles. The number of benzene rings is 2. The molecule has 3 aliphatic heterocycles. The average Bonchev–Trinajstić information content (AvgIpc) is 3.74. The molecule has 0 radical (unpaired) electrons. The standard InChI is InChI=1S/C41H56N4O6/c1-9-25-43(31-19-21-32(22-20-31)50-14-6)37(47)34-35-38(48)45(33(27-46)28(7)8)36(41(35)24-23-40(34,11-3)51-41)39(49)44(26-10-2)30-17-15-29(16-18-30)42(12-4)13-5/h9-10,15-22,28,33-36,46H,1-2,11-14,23-27H2,3-8H3/t33-,34+,35-,36?,40-,41?/m0/s1. The smallest absolute Gasteiger partial charge is 0.253 e. The van der Waals surface area contributed by atoms with Crippen LogP contribution < -0.4 is 19.4 Å². The maximum absolute atomic E-state index is 15.2. The van der Waals surface area contributed by atoms with Gasteiger partial charge in [-0.2, -0.15) is 0 Å². The van der Waals surface area contributed by atoms with E-state index in [1.54, 1.807) is 26.9 Å². The van der Waals surface area contributed by atoms with E-state index in [2.05, 4.69) is 31.9 Å². The van der Waals surface area contributed by atoms with E-state index in [0.717, 1.165) is 18.8 Å². The number of fused-ring (bicyclic) bond motifs is 1. The summed E-state index contributed by atoms with van der Waals surface area (Å²) >= 11 is 0. The molecule has 0 aliphatic carbocycles. The summed E-state index contributed by atoms with van der Waals surface area (Å²) in [6.07, 6.45) is 4.81. The van der Waals surface area contributed by atoms with Crippen molar-refractivity contribution in [2.45, 2.75) is 84.1 Å². The highest BCUT2D eigenvalue weighted by Gasteiger charge is 2.79. The molecule has 2 aromatic rings. The van der Waals surface area contributed by atoms with Crippen LogP contribution in [0.3, 0.4) is 0 Å². The fourth-order valence-corrected chi connectivity index (χ4v) is 8.83. The first kappa shape index (κ1) is 38.1. The quantitative estimate of drug-likeness (QED) is 0.207. The Bertz CT molecular complexity index is 1570. The van der Waals surface area contributed by atoms with Gasteiger partial charge in [-0.3, -0.25) is 14.4 Å². The molecule has 51 heavy (non-hydrogen) atoms. The van der Waals surface area contributed by atoms with E-state index in [4.69, 9.17) is 9.47 Å². The van der Waals surface area contributed by atoms with Gasteiger partial charge in [0.1, 0.15) is 17.4 Å². The van der Waals surface area contributed by atoms with E-state index in [-0.39, 0.29) is 43.3 Å². The first-order chi connectivity index (χ1) is 24.5. The zero-order valence-electron chi connectivity index (χ0n) is 31.2. The minimum absolute atomic E-state index is 0.168. The van der Waals surface area contributed by atoms with Crippen LogP contribution >= 0.6 is 0 Å². The van der Waals surface area contributed by atoms with Crippen molar-refractivity contribution in [1.29, 1.82) is 0 Å². The van der Waals surface area contributed by atoms with Crippen LogP contribution in [0.5, 0.6) is 5.75 Å². The van der Waals surface area contributed by atoms with Crippen molar-refractivity contribution in [3.8, 4) is 5.75 Å². The Hall–Kier alpha value is -4.15. The number of carbonyl (C=O) groups is 3. The molecule has 2 unspecified atom stereocenters. The Morgan fingerprint density at radius 2 is 1.47 bits per heavy atom. The van der Waals surface area contributed by atoms with Gasteiger partial charge in [-0.05, 0) is 94.5 Å². The largest absolute Gasteiger partial charge is 0.494 e. The summed E-state index contributed by atoms with van der Waals surface area (Å²) in [6, 6.07) is 13.5. The number of carbonyl (C=O) groups excluding carboxylic acids is 3. The van der Waals surface area contributed by atoms with E-state index in [0.29, 0.717) is 43.0 Å². The van der Waals surface area contributed by atoms with Crippen LogP contribution in [0, 0.1) is 17.8 Å². The first-order valence-corrected chi connectivity index (χ1v) is 18.6. The Kier molecular flexibility index (Phi) is 11.7. The van der Waals surface area contributed by atoms with Crippen molar-refractivity contribution in [2.24, 2.45) is 17.8 Å². The number of aliphatic hydroxyl groups is 1. The Balaban J connectivity index is 1.61. The molecule has 1 spiro atoms. The Morgan fingerprint density at radius 1 is 0.922 bits per heavy atom. The predicted octanol–water partition coefficient (Wildman–Crippen LogP) is 5.84. The number of nitrogens with zero attached hydrogens (tertiary/aromatic N) is 4. The molecule has 2 bridgehead atoms. The maximum atomic E-state index is 15.2. The lowest BCUT2D eigenvalue weighted by molar-refractivity contribution is -0.150. The van der Waals surface area contributed by atoms with E-state index in [1.807, 2.05) is 76.2 Å². The number of anilines is 3. The highest BCUT2D eigenvalue weighted by atomic mass is 16.5. The lowest BCUT2D eigenvalue weighted by atomic mass is 9.64. The molecular formula is C41H56N4O6. The number of likely N-dealkylation sites (tertiary alicyclic amines) is 1. The Labute approximate surface area is 303 Å². The van der Waals surface area contributed by atoms with Crippen molar-refractivity contribution >= 4 is 34.8 Å². The molecule has 3 aliphatic rings. The second-order valence-electron chi connectivity index (χ2n) is 14.2. The summed E-state index contributed by atoms with van der Waals surface area (Å²) in [5.41, 5.74) is 0.181. The van der Waals surface area contributed by atoms with E-state index in [9.17, 15) is 9.90 Å². The Morgan fingerprint density at radius 3 is 1.96 bits per heavy atom. The van der Waals surface area contributed by atoms with Gasteiger partial charge < -0.3 is 34.2 Å². The van der Waals surface area contributed by atoms with Crippen molar-refractivity contribution in [2.75, 3.05) is 54.1 Å². The van der Waals surface area contributed by atoms with Crippen LogP contribution in [0.2, 0.25) is 0 Å². The molecule has 0 aromatic heterocycles. The summed E-state index contributed by atoms with van der Waals surface area (Å²) in [5.74, 6) is -2.11. The second kappa shape index (κ2) is 15.6. The van der Waals surface area contributed by atoms with Gasteiger partial charge >= 0.3 is 0 Å². The highest BCUT2D eigenvalue weighted by Crippen LogP contribution is 2.65. The van der Waals surface area contributed by atoms with Crippen LogP contribution in [0.25, 0.3) is 0 Å². The van der Waals surface area contributed by atoms with Gasteiger partial charge in [0.05, 0.1) is 36.7 Å². The highest BCUT2D eigenvalue weighted by molar-refractivity contribution is 6.07. The van der Waals surface area contributed by atoms with Gasteiger partial charge in [-0.1, -0.05) is 32.9 Å². The minimum Gasteiger partial charge on any atom is -0.494 e. The molecule has 3 saturated heterocycles. The molecule has 3 fully saturated rings. The summed E-state index contributed by atoms with van der Waals surface area (Å²) < 4.78 is 12.7. The summed E-state index contributed by atoms with van der Waals surface area (Å²) in [7, 11) is 0. The first-order valence-electron chi connectivity index (χ1n) is 18.6. The molecule has 10 heteroatoms. The minimum atomic E-state index is -1.26. The van der Waals surface area contributed by atoms with Crippen LogP contribution in [0.4, 0.5) is 17.1 Å². The molecule has 6 atom stereocenters. The molecule has 0 saturated carbocycles. The van der Waals surface area contributed by atoms with E-state index in [1.165, 1.54) is 0 Å². The number of aliphatic hydroxyl groups excluding tert-OH is 1. The van der Waals surface area contributed by atoms with Crippen molar-refractivity contribution in [3.05, 3.63) is 73.8 Å². The van der Waals surface area contributed by atoms with Gasteiger partial charge in [0.15, 0.2) is 0 Å². The normalized spacial score (nSPS) is 25.5. The van der Waals surface area contributed by atoms with Crippen LogP contribution in [0.1, 0.15) is 60.8 Å². The number of amides is 3. The zero-order chi connectivity index (χ0) is 37.1. The fraction of sp³-hybridized carbons (Fsp3) is 0.537. The second-order valence-corrected chi connectivity index (χ2v) is 14.2. The van der Waals surface area contributed by atoms with Gasteiger partial charge in [-0.25, -0.2) is 0 Å². The molecule has 276 valence electrons. The average molecular weight is 701 g/mol. The molecular weight excluding hydrogens is 644 g/mol. The van der Waals surface area contributed by atoms with Crippen LogP contribution in [-0.2, 0) is 19.1 Å². The monoisotopic (exact) mass is 700 g/mol.